The SMILES string of the molecule is CC(CC(=O)O)NC(=O)N(C)Cc1cn[nH]c1. The maximum absolute atomic E-state index is 11.7. The van der Waals surface area contributed by atoms with Gasteiger partial charge in [-0.2, -0.15) is 5.10 Å². The first kappa shape index (κ1) is 13.0. The number of carbonyl (C=O) groups is 2. The maximum Gasteiger partial charge on any atom is 0.317 e. The predicted molar refractivity (Wildman–Crippen MR) is 60.3 cm³/mol. The first-order valence-electron chi connectivity index (χ1n) is 5.20. The molecule has 17 heavy (non-hydrogen) atoms. The summed E-state index contributed by atoms with van der Waals surface area (Å²) >= 11 is 0. The van der Waals surface area contributed by atoms with Gasteiger partial charge in [-0.05, 0) is 6.92 Å². The van der Waals surface area contributed by atoms with E-state index in [4.69, 9.17) is 5.11 Å². The molecule has 1 rings (SSSR count). The van der Waals surface area contributed by atoms with Gasteiger partial charge in [-0.25, -0.2) is 4.79 Å². The molecule has 0 spiro atoms. The monoisotopic (exact) mass is 240 g/mol. The van der Waals surface area contributed by atoms with E-state index in [-0.39, 0.29) is 12.5 Å². The maximum atomic E-state index is 11.7. The van der Waals surface area contributed by atoms with Crippen LogP contribution in [0.25, 0.3) is 0 Å². The van der Waals surface area contributed by atoms with Gasteiger partial charge in [-0.1, -0.05) is 0 Å². The molecule has 2 amide bonds. The van der Waals surface area contributed by atoms with Gasteiger partial charge in [0.2, 0.25) is 0 Å². The Balaban J connectivity index is 2.39. The quantitative estimate of drug-likeness (QED) is 0.694. The third-order valence-electron chi connectivity index (χ3n) is 2.17. The number of hydrogen-bond donors (Lipinski definition) is 3. The smallest absolute Gasteiger partial charge is 0.317 e. The van der Waals surface area contributed by atoms with Crippen LogP contribution in [0.15, 0.2) is 12.4 Å². The van der Waals surface area contributed by atoms with Gasteiger partial charge in [0, 0.05) is 24.8 Å². The summed E-state index contributed by atoms with van der Waals surface area (Å²) in [5, 5.41) is 17.6. The molecule has 0 bridgehead atoms. The lowest BCUT2D eigenvalue weighted by atomic mass is 10.2. The number of aromatic amines is 1. The Hall–Kier alpha value is -2.05. The molecule has 1 aromatic heterocycles. The lowest BCUT2D eigenvalue weighted by molar-refractivity contribution is -0.137. The molecule has 1 atom stereocenters. The molecule has 3 N–H and O–H groups in total. The van der Waals surface area contributed by atoms with Crippen molar-refractivity contribution in [1.29, 1.82) is 0 Å². The van der Waals surface area contributed by atoms with Crippen molar-refractivity contribution in [3.8, 4) is 0 Å². The highest BCUT2D eigenvalue weighted by atomic mass is 16.4. The van der Waals surface area contributed by atoms with Crippen LogP contribution in [0, 0.1) is 0 Å². The van der Waals surface area contributed by atoms with Crippen LogP contribution < -0.4 is 5.32 Å². The number of H-pyrrole nitrogens is 1. The predicted octanol–water partition coefficient (Wildman–Crippen LogP) is 0.414. The van der Waals surface area contributed by atoms with Gasteiger partial charge in [-0.3, -0.25) is 9.89 Å². The van der Waals surface area contributed by atoms with Gasteiger partial charge in [0.15, 0.2) is 0 Å². The Kier molecular flexibility index (Phi) is 4.50. The average Bonchev–Trinajstić information content (AvgIpc) is 2.68. The third kappa shape index (κ3) is 4.54. The molecule has 1 heterocycles. The summed E-state index contributed by atoms with van der Waals surface area (Å²) in [5.74, 6) is -0.935. The van der Waals surface area contributed by atoms with Crippen LogP contribution in [0.4, 0.5) is 4.79 Å². The Morgan fingerprint density at radius 1 is 1.65 bits per heavy atom. The normalized spacial score (nSPS) is 11.9. The molecule has 0 aliphatic rings. The Morgan fingerprint density at radius 3 is 2.88 bits per heavy atom. The summed E-state index contributed by atoms with van der Waals surface area (Å²) in [4.78, 5) is 23.6. The van der Waals surface area contributed by atoms with Gasteiger partial charge >= 0.3 is 12.0 Å². The molecule has 94 valence electrons. The molecule has 0 radical (unpaired) electrons. The van der Waals surface area contributed by atoms with Crippen molar-refractivity contribution < 1.29 is 14.7 Å². The Morgan fingerprint density at radius 2 is 2.35 bits per heavy atom. The summed E-state index contributed by atoms with van der Waals surface area (Å²) in [6.07, 6.45) is 3.24. The minimum absolute atomic E-state index is 0.0920. The average molecular weight is 240 g/mol. The van der Waals surface area contributed by atoms with Crippen LogP contribution in [0.5, 0.6) is 0 Å². The molecule has 7 nitrogen and oxygen atoms in total. The molecule has 1 aromatic rings. The lowest BCUT2D eigenvalue weighted by Crippen LogP contribution is -2.42. The number of carbonyl (C=O) groups excluding carboxylic acids is 1. The van der Waals surface area contributed by atoms with Crippen LogP contribution in [-0.2, 0) is 11.3 Å². The number of nitrogens with one attached hydrogen (secondary N) is 2. The molecule has 1 unspecified atom stereocenters. The van der Waals surface area contributed by atoms with Gasteiger partial charge in [0.05, 0.1) is 19.2 Å². The molecule has 0 saturated carbocycles. The molecular weight excluding hydrogens is 224 g/mol. The zero-order chi connectivity index (χ0) is 12.8. The fraction of sp³-hybridized carbons (Fsp3) is 0.500. The van der Waals surface area contributed by atoms with E-state index >= 15 is 0 Å². The highest BCUT2D eigenvalue weighted by Gasteiger charge is 2.14. The van der Waals surface area contributed by atoms with E-state index in [0.717, 1.165) is 5.56 Å². The van der Waals surface area contributed by atoms with Gasteiger partial charge < -0.3 is 15.3 Å². The molecule has 0 saturated heterocycles. The second kappa shape index (κ2) is 5.88. The fourth-order valence-corrected chi connectivity index (χ4v) is 1.34. The fourth-order valence-electron chi connectivity index (χ4n) is 1.34. The number of carboxylic acids is 1. The summed E-state index contributed by atoms with van der Waals surface area (Å²) < 4.78 is 0. The molecular formula is C10H16N4O3. The number of carboxylic acid groups (broad SMARTS) is 1. The van der Waals surface area contributed by atoms with E-state index in [1.807, 2.05) is 0 Å². The first-order chi connectivity index (χ1) is 7.99. The number of aromatic nitrogens is 2. The van der Waals surface area contributed by atoms with E-state index in [2.05, 4.69) is 15.5 Å². The van der Waals surface area contributed by atoms with E-state index in [0.29, 0.717) is 6.54 Å². The summed E-state index contributed by atoms with van der Waals surface area (Å²) in [6.45, 7) is 2.07. The highest BCUT2D eigenvalue weighted by Crippen LogP contribution is 2.00. The van der Waals surface area contributed by atoms with Crippen molar-refractivity contribution in [3.63, 3.8) is 0 Å². The molecule has 0 fully saturated rings. The summed E-state index contributed by atoms with van der Waals surface area (Å²) in [6, 6.07) is -0.702. The van der Waals surface area contributed by atoms with Crippen molar-refractivity contribution in [1.82, 2.24) is 20.4 Å². The van der Waals surface area contributed by atoms with Crippen molar-refractivity contribution in [3.05, 3.63) is 18.0 Å². The minimum atomic E-state index is -0.935. The van der Waals surface area contributed by atoms with E-state index in [1.165, 1.54) is 4.90 Å². The van der Waals surface area contributed by atoms with Crippen LogP contribution in [0.2, 0.25) is 0 Å². The van der Waals surface area contributed by atoms with Crippen molar-refractivity contribution >= 4 is 12.0 Å². The number of amides is 2. The van der Waals surface area contributed by atoms with Crippen LogP contribution >= 0.6 is 0 Å². The summed E-state index contributed by atoms with van der Waals surface area (Å²) in [7, 11) is 1.63. The molecule has 7 heteroatoms. The van der Waals surface area contributed by atoms with Gasteiger partial charge in [-0.15, -0.1) is 0 Å². The molecule has 0 aliphatic carbocycles. The Labute approximate surface area is 98.8 Å². The standard InChI is InChI=1S/C10H16N4O3/c1-7(3-9(15)16)13-10(17)14(2)6-8-4-11-12-5-8/h4-5,7H,3,6H2,1-2H3,(H,11,12)(H,13,17)(H,15,16). The molecule has 0 aromatic carbocycles. The number of aliphatic carboxylic acids is 1. The second-order valence-electron chi connectivity index (χ2n) is 3.91. The highest BCUT2D eigenvalue weighted by molar-refractivity contribution is 5.75. The van der Waals surface area contributed by atoms with Crippen LogP contribution in [0.3, 0.4) is 0 Å². The number of hydrogen-bond acceptors (Lipinski definition) is 3. The van der Waals surface area contributed by atoms with Crippen molar-refractivity contribution in [2.75, 3.05) is 7.05 Å². The van der Waals surface area contributed by atoms with Gasteiger partial charge in [0.1, 0.15) is 0 Å². The number of nitrogens with zero attached hydrogens (tertiary/aromatic N) is 2. The van der Waals surface area contributed by atoms with Crippen molar-refractivity contribution in [2.24, 2.45) is 0 Å². The summed E-state index contributed by atoms with van der Waals surface area (Å²) in [5.41, 5.74) is 0.883. The number of urea groups is 1. The van der Waals surface area contributed by atoms with Crippen molar-refractivity contribution in [2.45, 2.75) is 25.9 Å². The number of rotatable bonds is 5. The lowest BCUT2D eigenvalue weighted by Gasteiger charge is -2.19. The van der Waals surface area contributed by atoms with E-state index in [1.54, 1.807) is 26.4 Å². The van der Waals surface area contributed by atoms with E-state index in [9.17, 15) is 9.59 Å². The Bertz CT molecular complexity index is 377. The first-order valence-corrected chi connectivity index (χ1v) is 5.20. The zero-order valence-corrected chi connectivity index (χ0v) is 9.80. The largest absolute Gasteiger partial charge is 0.481 e. The second-order valence-corrected chi connectivity index (χ2v) is 3.91. The van der Waals surface area contributed by atoms with Gasteiger partial charge in [0.25, 0.3) is 0 Å². The third-order valence-corrected chi connectivity index (χ3v) is 2.17. The van der Waals surface area contributed by atoms with Crippen LogP contribution in [-0.4, -0.2) is 45.3 Å². The molecule has 0 aliphatic heterocycles. The van der Waals surface area contributed by atoms with E-state index < -0.39 is 12.0 Å². The minimum Gasteiger partial charge on any atom is -0.481 e. The topological polar surface area (TPSA) is 98.3 Å². The van der Waals surface area contributed by atoms with Crippen LogP contribution in [0.1, 0.15) is 18.9 Å². The zero-order valence-electron chi connectivity index (χ0n) is 9.80.